The second-order valence-corrected chi connectivity index (χ2v) is 9.76. The third-order valence-corrected chi connectivity index (χ3v) is 7.33. The molecule has 1 aromatic heterocycles. The molecule has 1 amide bonds. The lowest BCUT2D eigenvalue weighted by atomic mass is 9.86. The Morgan fingerprint density at radius 3 is 2.47 bits per heavy atom. The van der Waals surface area contributed by atoms with Crippen molar-refractivity contribution in [3.05, 3.63) is 60.2 Å². The van der Waals surface area contributed by atoms with Crippen LogP contribution in [0.4, 0.5) is 5.82 Å². The molecule has 1 unspecified atom stereocenters. The molecule has 0 saturated carbocycles. The smallest absolute Gasteiger partial charge is 0.223 e. The SMILES string of the molecule is NC(O)c1c(-c2ccc(Oc3ccccc3)cc2)nn2c1NCC[C@H]2C1CCN(C(=O)CCCl)CC1. The van der Waals surface area contributed by atoms with E-state index in [9.17, 15) is 9.90 Å². The molecule has 3 aromatic rings. The number of nitrogens with two attached hydrogens (primary N) is 1. The molecule has 1 fully saturated rings. The van der Waals surface area contributed by atoms with E-state index in [1.165, 1.54) is 0 Å². The molecular formula is C27H32ClN5O3. The predicted octanol–water partition coefficient (Wildman–Crippen LogP) is 4.52. The van der Waals surface area contributed by atoms with E-state index in [1.807, 2.05) is 64.2 Å². The van der Waals surface area contributed by atoms with Gasteiger partial charge in [-0.3, -0.25) is 4.79 Å². The third-order valence-electron chi connectivity index (χ3n) is 7.14. The second-order valence-electron chi connectivity index (χ2n) is 9.38. The summed E-state index contributed by atoms with van der Waals surface area (Å²) in [5.74, 6) is 3.14. The van der Waals surface area contributed by atoms with Crippen LogP contribution in [0.25, 0.3) is 11.3 Å². The normalized spacial score (nSPS) is 18.9. The first-order chi connectivity index (χ1) is 17.5. The van der Waals surface area contributed by atoms with Crippen molar-refractivity contribution in [1.29, 1.82) is 0 Å². The topological polar surface area (TPSA) is 106 Å². The minimum atomic E-state index is -1.16. The van der Waals surface area contributed by atoms with Crippen LogP contribution in [0.3, 0.4) is 0 Å². The molecule has 3 heterocycles. The summed E-state index contributed by atoms with van der Waals surface area (Å²) in [4.78, 5) is 14.2. The summed E-state index contributed by atoms with van der Waals surface area (Å²) in [5, 5.41) is 18.9. The van der Waals surface area contributed by atoms with E-state index in [2.05, 4.69) is 5.32 Å². The van der Waals surface area contributed by atoms with Crippen molar-refractivity contribution < 1.29 is 14.6 Å². The highest BCUT2D eigenvalue weighted by molar-refractivity contribution is 6.18. The maximum Gasteiger partial charge on any atom is 0.223 e. The van der Waals surface area contributed by atoms with Crippen molar-refractivity contribution in [3.63, 3.8) is 0 Å². The number of carbonyl (C=O) groups excluding carboxylic acids is 1. The predicted molar refractivity (Wildman–Crippen MR) is 140 cm³/mol. The zero-order valence-corrected chi connectivity index (χ0v) is 20.9. The second kappa shape index (κ2) is 10.9. The number of para-hydroxylation sites is 1. The van der Waals surface area contributed by atoms with Gasteiger partial charge in [-0.2, -0.15) is 5.10 Å². The number of rotatable bonds is 7. The molecule has 2 aliphatic rings. The van der Waals surface area contributed by atoms with Crippen LogP contribution in [0.5, 0.6) is 11.5 Å². The number of hydrogen-bond donors (Lipinski definition) is 3. The average molecular weight is 510 g/mol. The average Bonchev–Trinajstić information content (AvgIpc) is 3.30. The Bertz CT molecular complexity index is 1170. The van der Waals surface area contributed by atoms with Crippen molar-refractivity contribution in [1.82, 2.24) is 14.7 Å². The maximum atomic E-state index is 12.2. The quantitative estimate of drug-likeness (QED) is 0.319. The molecule has 2 aromatic carbocycles. The molecule has 0 bridgehead atoms. The Kier molecular flexibility index (Phi) is 7.46. The van der Waals surface area contributed by atoms with Gasteiger partial charge in [-0.25, -0.2) is 4.68 Å². The number of aliphatic hydroxyl groups is 1. The highest BCUT2D eigenvalue weighted by atomic mass is 35.5. The van der Waals surface area contributed by atoms with Gasteiger partial charge >= 0.3 is 0 Å². The Morgan fingerprint density at radius 2 is 1.81 bits per heavy atom. The molecule has 5 rings (SSSR count). The van der Waals surface area contributed by atoms with Crippen LogP contribution >= 0.6 is 11.6 Å². The highest BCUT2D eigenvalue weighted by Crippen LogP contribution is 2.41. The number of benzene rings is 2. The van der Waals surface area contributed by atoms with Crippen LogP contribution < -0.4 is 15.8 Å². The van der Waals surface area contributed by atoms with Crippen LogP contribution in [0.2, 0.25) is 0 Å². The number of nitrogens with zero attached hydrogens (tertiary/aromatic N) is 3. The molecule has 0 spiro atoms. The largest absolute Gasteiger partial charge is 0.457 e. The van der Waals surface area contributed by atoms with Gasteiger partial charge in [0, 0.05) is 37.5 Å². The molecule has 2 aliphatic heterocycles. The van der Waals surface area contributed by atoms with E-state index < -0.39 is 6.23 Å². The van der Waals surface area contributed by atoms with Gasteiger partial charge in [-0.1, -0.05) is 18.2 Å². The number of aliphatic hydroxyl groups excluding tert-OH is 1. The molecule has 190 valence electrons. The lowest BCUT2D eigenvalue weighted by molar-refractivity contribution is -0.132. The highest BCUT2D eigenvalue weighted by Gasteiger charge is 2.35. The number of fused-ring (bicyclic) bond motifs is 1. The standard InChI is InChI=1S/C27H32ClN5O3/c28-14-10-23(34)32-16-12-18(13-17-32)22-11-15-30-27-24(26(29)35)25(31-33(22)27)19-6-8-21(9-7-19)36-20-4-2-1-3-5-20/h1-9,18,22,26,30,35H,10-17,29H2/t22-,26?/m0/s1. The van der Waals surface area contributed by atoms with E-state index in [4.69, 9.17) is 27.2 Å². The van der Waals surface area contributed by atoms with Crippen LogP contribution in [0.15, 0.2) is 54.6 Å². The molecule has 2 atom stereocenters. The minimum absolute atomic E-state index is 0.129. The number of amides is 1. The van der Waals surface area contributed by atoms with Gasteiger partial charge in [-0.05, 0) is 61.6 Å². The Balaban J connectivity index is 1.38. The Hall–Kier alpha value is -3.07. The summed E-state index contributed by atoms with van der Waals surface area (Å²) < 4.78 is 7.93. The summed E-state index contributed by atoms with van der Waals surface area (Å²) in [6.45, 7) is 2.26. The maximum absolute atomic E-state index is 12.2. The van der Waals surface area contributed by atoms with Gasteiger partial charge < -0.3 is 25.8 Å². The van der Waals surface area contributed by atoms with Gasteiger partial charge in [0.15, 0.2) is 0 Å². The van der Waals surface area contributed by atoms with Crippen molar-refractivity contribution in [2.45, 2.75) is 38.0 Å². The van der Waals surface area contributed by atoms with Crippen molar-refractivity contribution in [2.24, 2.45) is 11.7 Å². The summed E-state index contributed by atoms with van der Waals surface area (Å²) in [5.41, 5.74) is 8.17. The fourth-order valence-electron chi connectivity index (χ4n) is 5.33. The number of ether oxygens (including phenoxy) is 1. The first kappa shape index (κ1) is 24.6. The van der Waals surface area contributed by atoms with E-state index in [0.29, 0.717) is 29.5 Å². The van der Waals surface area contributed by atoms with E-state index in [0.717, 1.165) is 61.8 Å². The molecule has 9 heteroatoms. The number of likely N-dealkylation sites (tertiary alicyclic amines) is 1. The summed E-state index contributed by atoms with van der Waals surface area (Å²) in [6.07, 6.45) is 1.99. The van der Waals surface area contributed by atoms with Crippen molar-refractivity contribution >= 4 is 23.3 Å². The minimum Gasteiger partial charge on any atom is -0.457 e. The molecular weight excluding hydrogens is 478 g/mol. The number of anilines is 1. The lowest BCUT2D eigenvalue weighted by Gasteiger charge is -2.38. The molecule has 0 radical (unpaired) electrons. The van der Waals surface area contributed by atoms with Crippen molar-refractivity contribution in [2.75, 3.05) is 30.8 Å². The fraction of sp³-hybridized carbons (Fsp3) is 0.407. The van der Waals surface area contributed by atoms with Crippen LogP contribution in [0.1, 0.15) is 43.5 Å². The number of hydrogen-bond acceptors (Lipinski definition) is 6. The zero-order chi connectivity index (χ0) is 25.1. The number of piperidine rings is 1. The molecule has 8 nitrogen and oxygen atoms in total. The monoisotopic (exact) mass is 509 g/mol. The van der Waals surface area contributed by atoms with E-state index >= 15 is 0 Å². The molecule has 1 saturated heterocycles. The summed E-state index contributed by atoms with van der Waals surface area (Å²) >= 11 is 5.76. The number of halogens is 1. The third kappa shape index (κ3) is 5.07. The van der Waals surface area contributed by atoms with Crippen molar-refractivity contribution in [3.8, 4) is 22.8 Å². The number of carbonyl (C=O) groups is 1. The van der Waals surface area contributed by atoms with Gasteiger partial charge in [0.1, 0.15) is 29.2 Å². The lowest BCUT2D eigenvalue weighted by Crippen LogP contribution is -2.41. The van der Waals surface area contributed by atoms with E-state index in [-0.39, 0.29) is 11.9 Å². The number of alkyl halides is 1. The first-order valence-electron chi connectivity index (χ1n) is 12.5. The first-order valence-corrected chi connectivity index (χ1v) is 13.1. The van der Waals surface area contributed by atoms with Gasteiger partial charge in [0.05, 0.1) is 11.6 Å². The summed E-state index contributed by atoms with van der Waals surface area (Å²) in [6, 6.07) is 17.5. The number of aromatic nitrogens is 2. The van der Waals surface area contributed by atoms with Crippen LogP contribution in [0, 0.1) is 5.92 Å². The zero-order valence-electron chi connectivity index (χ0n) is 20.1. The van der Waals surface area contributed by atoms with Gasteiger partial charge in [0.2, 0.25) is 5.91 Å². The van der Waals surface area contributed by atoms with Gasteiger partial charge in [-0.15, -0.1) is 11.6 Å². The fourth-order valence-corrected chi connectivity index (χ4v) is 5.49. The van der Waals surface area contributed by atoms with Crippen LogP contribution in [-0.2, 0) is 4.79 Å². The molecule has 0 aliphatic carbocycles. The molecule has 4 N–H and O–H groups in total. The van der Waals surface area contributed by atoms with Crippen LogP contribution in [-0.4, -0.2) is 51.2 Å². The van der Waals surface area contributed by atoms with Gasteiger partial charge in [0.25, 0.3) is 0 Å². The number of nitrogens with one attached hydrogen (secondary N) is 1. The Morgan fingerprint density at radius 1 is 1.11 bits per heavy atom. The Labute approximate surface area is 216 Å². The summed E-state index contributed by atoms with van der Waals surface area (Å²) in [7, 11) is 0. The molecule has 36 heavy (non-hydrogen) atoms. The van der Waals surface area contributed by atoms with E-state index in [1.54, 1.807) is 0 Å².